The highest BCUT2D eigenvalue weighted by atomic mass is 16.5. The number of carbonyl (C=O) groups excluding carboxylic acids is 2. The molecule has 0 aliphatic carbocycles. The van der Waals surface area contributed by atoms with Gasteiger partial charge in [0.05, 0.1) is 25.4 Å². The molecule has 0 fully saturated rings. The average molecular weight is 794 g/mol. The second kappa shape index (κ2) is 46.5. The van der Waals surface area contributed by atoms with Crippen LogP contribution < -0.4 is 5.32 Å². The van der Waals surface area contributed by atoms with Gasteiger partial charge in [-0.3, -0.25) is 9.59 Å². The van der Waals surface area contributed by atoms with Gasteiger partial charge in [-0.05, 0) is 25.7 Å². The zero-order valence-corrected chi connectivity index (χ0v) is 37.9. The largest absolute Gasteiger partial charge is 0.466 e. The molecule has 56 heavy (non-hydrogen) atoms. The van der Waals surface area contributed by atoms with E-state index in [1.807, 2.05) is 0 Å². The molecule has 0 saturated carbocycles. The van der Waals surface area contributed by atoms with E-state index in [0.29, 0.717) is 25.9 Å². The number of aliphatic hydroxyl groups is 2. The molecule has 0 aliphatic rings. The SMILES string of the molecule is CCCCCCCCCCCCCCCCCC(=O)OCCCCCCCCCCCC(=O)NC(CO)C(O)CCCCCCCCCCCCCCCCC. The van der Waals surface area contributed by atoms with Crippen molar-refractivity contribution in [1.82, 2.24) is 5.32 Å². The molecular weight excluding hydrogens is 695 g/mol. The fourth-order valence-electron chi connectivity index (χ4n) is 7.99. The van der Waals surface area contributed by atoms with E-state index < -0.39 is 12.1 Å². The topological polar surface area (TPSA) is 95.9 Å². The third-order valence-electron chi connectivity index (χ3n) is 11.9. The number of rotatable bonds is 47. The van der Waals surface area contributed by atoms with E-state index in [1.165, 1.54) is 193 Å². The van der Waals surface area contributed by atoms with Gasteiger partial charge < -0.3 is 20.3 Å². The molecule has 6 heteroatoms. The van der Waals surface area contributed by atoms with Crippen LogP contribution in [0.5, 0.6) is 0 Å². The first-order valence-corrected chi connectivity index (χ1v) is 25.3. The standard InChI is InChI=1S/C50H99NO5/c1-3-5-7-9-11-13-15-17-19-21-23-26-30-34-38-42-48(53)47(46-52)51-49(54)43-39-35-31-27-25-29-33-37-41-45-56-50(55)44-40-36-32-28-24-22-20-18-16-14-12-10-8-6-4-2/h47-48,52-53H,3-46H2,1-2H3,(H,51,54). The van der Waals surface area contributed by atoms with Crippen molar-refractivity contribution in [3.05, 3.63) is 0 Å². The summed E-state index contributed by atoms with van der Waals surface area (Å²) in [5, 5.41) is 23.2. The van der Waals surface area contributed by atoms with Crippen LogP contribution in [0.2, 0.25) is 0 Å². The molecule has 0 aromatic carbocycles. The van der Waals surface area contributed by atoms with E-state index >= 15 is 0 Å². The Balaban J connectivity index is 3.47. The van der Waals surface area contributed by atoms with Crippen LogP contribution >= 0.6 is 0 Å². The maximum Gasteiger partial charge on any atom is 0.305 e. The molecule has 0 radical (unpaired) electrons. The van der Waals surface area contributed by atoms with Gasteiger partial charge in [0.2, 0.25) is 5.91 Å². The Kier molecular flexibility index (Phi) is 45.6. The van der Waals surface area contributed by atoms with Crippen LogP contribution in [0.3, 0.4) is 0 Å². The monoisotopic (exact) mass is 794 g/mol. The molecule has 334 valence electrons. The lowest BCUT2D eigenvalue weighted by atomic mass is 10.0. The number of esters is 1. The minimum Gasteiger partial charge on any atom is -0.466 e. The molecule has 2 unspecified atom stereocenters. The number of amides is 1. The predicted molar refractivity (Wildman–Crippen MR) is 241 cm³/mol. The summed E-state index contributed by atoms with van der Waals surface area (Å²) in [4.78, 5) is 24.5. The van der Waals surface area contributed by atoms with Crippen molar-refractivity contribution in [2.24, 2.45) is 0 Å². The quantitative estimate of drug-likeness (QED) is 0.0421. The normalized spacial score (nSPS) is 12.6. The summed E-state index contributed by atoms with van der Waals surface area (Å²) in [6.45, 7) is 4.90. The molecular formula is C50H99NO5. The van der Waals surface area contributed by atoms with Crippen molar-refractivity contribution in [3.8, 4) is 0 Å². The maximum absolute atomic E-state index is 12.4. The number of hydrogen-bond donors (Lipinski definition) is 3. The van der Waals surface area contributed by atoms with Crippen molar-refractivity contribution < 1.29 is 24.5 Å². The van der Waals surface area contributed by atoms with Crippen LogP contribution in [-0.2, 0) is 14.3 Å². The molecule has 0 aliphatic heterocycles. The highest BCUT2D eigenvalue weighted by molar-refractivity contribution is 5.76. The highest BCUT2D eigenvalue weighted by Crippen LogP contribution is 2.17. The first-order chi connectivity index (χ1) is 27.5. The van der Waals surface area contributed by atoms with Crippen molar-refractivity contribution in [1.29, 1.82) is 0 Å². The second-order valence-corrected chi connectivity index (χ2v) is 17.5. The fraction of sp³-hybridized carbons (Fsp3) is 0.960. The first kappa shape index (κ1) is 54.9. The van der Waals surface area contributed by atoms with Gasteiger partial charge in [-0.1, -0.05) is 245 Å². The third kappa shape index (κ3) is 42.5. The van der Waals surface area contributed by atoms with Gasteiger partial charge in [0.25, 0.3) is 0 Å². The summed E-state index contributed by atoms with van der Waals surface area (Å²) in [5.74, 6) is -0.0815. The van der Waals surface area contributed by atoms with Crippen LogP contribution in [-0.4, -0.2) is 47.4 Å². The number of carbonyl (C=O) groups is 2. The summed E-state index contributed by atoms with van der Waals surface area (Å²) < 4.78 is 5.45. The van der Waals surface area contributed by atoms with Gasteiger partial charge in [-0.15, -0.1) is 0 Å². The van der Waals surface area contributed by atoms with Crippen LogP contribution in [0.15, 0.2) is 0 Å². The van der Waals surface area contributed by atoms with Crippen molar-refractivity contribution in [2.75, 3.05) is 13.2 Å². The van der Waals surface area contributed by atoms with Gasteiger partial charge in [0.1, 0.15) is 0 Å². The molecule has 0 saturated heterocycles. The van der Waals surface area contributed by atoms with Crippen LogP contribution in [0.4, 0.5) is 0 Å². The summed E-state index contributed by atoms with van der Waals surface area (Å²) in [6, 6.07) is -0.559. The van der Waals surface area contributed by atoms with Gasteiger partial charge in [-0.2, -0.15) is 0 Å². The van der Waals surface area contributed by atoms with E-state index in [9.17, 15) is 19.8 Å². The molecule has 1 amide bonds. The van der Waals surface area contributed by atoms with Crippen molar-refractivity contribution in [3.63, 3.8) is 0 Å². The van der Waals surface area contributed by atoms with Gasteiger partial charge in [0.15, 0.2) is 0 Å². The van der Waals surface area contributed by atoms with Crippen molar-refractivity contribution in [2.45, 2.75) is 296 Å². The Hall–Kier alpha value is -1.14. The Morgan fingerprint density at radius 3 is 1.09 bits per heavy atom. The molecule has 6 nitrogen and oxygen atoms in total. The molecule has 0 rings (SSSR count). The van der Waals surface area contributed by atoms with Gasteiger partial charge in [0, 0.05) is 12.8 Å². The Morgan fingerprint density at radius 2 is 0.732 bits per heavy atom. The lowest BCUT2D eigenvalue weighted by Crippen LogP contribution is -2.45. The molecule has 0 aromatic rings. The summed E-state index contributed by atoms with van der Waals surface area (Å²) >= 11 is 0. The third-order valence-corrected chi connectivity index (χ3v) is 11.9. The van der Waals surface area contributed by atoms with Gasteiger partial charge in [-0.25, -0.2) is 0 Å². The summed E-state index contributed by atoms with van der Waals surface area (Å²) in [6.07, 6.45) is 50.6. The number of unbranched alkanes of at least 4 members (excludes halogenated alkanes) is 36. The molecule has 0 bridgehead atoms. The minimum atomic E-state index is -0.679. The molecule has 0 heterocycles. The second-order valence-electron chi connectivity index (χ2n) is 17.5. The Morgan fingerprint density at radius 1 is 0.429 bits per heavy atom. The maximum atomic E-state index is 12.4. The summed E-state index contributed by atoms with van der Waals surface area (Å²) in [5.41, 5.74) is 0. The molecule has 2 atom stereocenters. The predicted octanol–water partition coefficient (Wildman–Crippen LogP) is 14.8. The van der Waals surface area contributed by atoms with E-state index in [4.69, 9.17) is 4.74 Å². The zero-order chi connectivity index (χ0) is 40.8. The van der Waals surface area contributed by atoms with Gasteiger partial charge >= 0.3 is 5.97 Å². The molecule has 0 aromatic heterocycles. The first-order valence-electron chi connectivity index (χ1n) is 25.3. The molecule has 3 N–H and O–H groups in total. The van der Waals surface area contributed by atoms with E-state index in [1.54, 1.807) is 0 Å². The molecule has 0 spiro atoms. The highest BCUT2D eigenvalue weighted by Gasteiger charge is 2.20. The van der Waals surface area contributed by atoms with E-state index in [-0.39, 0.29) is 18.5 Å². The fourth-order valence-corrected chi connectivity index (χ4v) is 7.99. The van der Waals surface area contributed by atoms with Crippen LogP contribution in [0.1, 0.15) is 284 Å². The smallest absolute Gasteiger partial charge is 0.305 e. The number of nitrogens with one attached hydrogen (secondary N) is 1. The Labute approximate surface area is 349 Å². The number of ether oxygens (including phenoxy) is 1. The minimum absolute atomic E-state index is 0.0214. The number of hydrogen-bond acceptors (Lipinski definition) is 5. The number of aliphatic hydroxyl groups excluding tert-OH is 2. The van der Waals surface area contributed by atoms with E-state index in [0.717, 1.165) is 57.8 Å². The van der Waals surface area contributed by atoms with Crippen LogP contribution in [0.25, 0.3) is 0 Å². The van der Waals surface area contributed by atoms with Crippen LogP contribution in [0, 0.1) is 0 Å². The zero-order valence-electron chi connectivity index (χ0n) is 37.9. The van der Waals surface area contributed by atoms with E-state index in [2.05, 4.69) is 19.2 Å². The van der Waals surface area contributed by atoms with Crippen molar-refractivity contribution >= 4 is 11.9 Å². The lowest BCUT2D eigenvalue weighted by molar-refractivity contribution is -0.143. The lowest BCUT2D eigenvalue weighted by Gasteiger charge is -2.22. The summed E-state index contributed by atoms with van der Waals surface area (Å²) in [7, 11) is 0. The Bertz CT molecular complexity index is 791. The average Bonchev–Trinajstić information content (AvgIpc) is 3.20.